The van der Waals surface area contributed by atoms with Crippen molar-refractivity contribution in [2.75, 3.05) is 19.5 Å². The van der Waals surface area contributed by atoms with Crippen molar-refractivity contribution in [1.29, 1.82) is 0 Å². The van der Waals surface area contributed by atoms with Crippen LogP contribution in [0.3, 0.4) is 0 Å². The summed E-state index contributed by atoms with van der Waals surface area (Å²) in [5.74, 6) is -0.691. The van der Waals surface area contributed by atoms with Crippen molar-refractivity contribution in [1.82, 2.24) is 19.5 Å². The van der Waals surface area contributed by atoms with E-state index in [0.29, 0.717) is 11.2 Å². The smallest absolute Gasteiger partial charge is 0.308 e. The zero-order chi connectivity index (χ0) is 31.1. The van der Waals surface area contributed by atoms with E-state index in [1.807, 2.05) is 0 Å². The van der Waals surface area contributed by atoms with Crippen LogP contribution < -0.4 is 10.5 Å². The monoisotopic (exact) mass is 596 g/mol. The van der Waals surface area contributed by atoms with Gasteiger partial charge in [-0.2, -0.15) is 9.97 Å². The third-order valence-electron chi connectivity index (χ3n) is 8.43. The molecule has 0 bridgehead atoms. The van der Waals surface area contributed by atoms with Crippen molar-refractivity contribution >= 4 is 39.7 Å². The van der Waals surface area contributed by atoms with Gasteiger partial charge in [0.2, 0.25) is 11.8 Å². The summed E-state index contributed by atoms with van der Waals surface area (Å²) in [7, 11) is -3.23. The van der Waals surface area contributed by atoms with E-state index in [2.05, 4.69) is 82.7 Å². The van der Waals surface area contributed by atoms with E-state index in [1.54, 1.807) is 17.8 Å². The second kappa shape index (κ2) is 11.3. The molecule has 1 saturated heterocycles. The summed E-state index contributed by atoms with van der Waals surface area (Å²) in [6.07, 6.45) is -0.840. The number of fused-ring (bicyclic) bond motifs is 1. The van der Waals surface area contributed by atoms with Crippen LogP contribution in [0, 0.1) is 5.92 Å². The maximum Gasteiger partial charge on any atom is 0.308 e. The molecule has 40 heavy (non-hydrogen) atoms. The van der Waals surface area contributed by atoms with E-state index in [4.69, 9.17) is 30.2 Å². The number of ether oxygens (including phenoxy) is 3. The van der Waals surface area contributed by atoms with Crippen LogP contribution in [0.4, 0.5) is 5.95 Å². The van der Waals surface area contributed by atoms with Gasteiger partial charge >= 0.3 is 5.97 Å². The molecule has 0 amide bonds. The van der Waals surface area contributed by atoms with Gasteiger partial charge in [0.25, 0.3) is 0 Å². The lowest BCUT2D eigenvalue weighted by atomic mass is 10.1. The first-order valence-electron chi connectivity index (χ1n) is 14.5. The molecule has 0 aromatic carbocycles. The number of aromatic nitrogens is 4. The fourth-order valence-electron chi connectivity index (χ4n) is 3.91. The van der Waals surface area contributed by atoms with Crippen molar-refractivity contribution in [2.24, 2.45) is 5.92 Å². The highest BCUT2D eigenvalue weighted by molar-refractivity contribution is 6.74. The lowest BCUT2D eigenvalue weighted by Crippen LogP contribution is -2.54. The largest absolute Gasteiger partial charge is 0.479 e. The first-order valence-corrected chi connectivity index (χ1v) is 19.6. The minimum absolute atomic E-state index is 0.0383. The molecule has 1 fully saturated rings. The highest BCUT2D eigenvalue weighted by atomic mass is 28.4. The molecule has 2 unspecified atom stereocenters. The molecule has 5 atom stereocenters. The third kappa shape index (κ3) is 6.53. The number of methoxy groups -OCH3 is 1. The molecule has 2 N–H and O–H groups in total. The standard InChI is InChI=1S/C27H49N5O6Si2/c1-16(2)24(33)35-14-17-19(37-39(10,11)26(3,4)5)20(38-40(12,13)27(6,7)8)23(36-17)32-15-29-18-21(32)30-25(28)31-22(18)34-9/h15-17,19-20,23H,14H2,1-13H3,(H2,28,30,31)/t17-,19-,20+,23?/m1/s1/i1D/t16?,17-,19-,20+,23?. The van der Waals surface area contributed by atoms with Crippen molar-refractivity contribution in [3.8, 4) is 5.88 Å². The van der Waals surface area contributed by atoms with E-state index in [-0.39, 0.29) is 35.4 Å². The van der Waals surface area contributed by atoms with Gasteiger partial charge in [-0.15, -0.1) is 0 Å². The Hall–Kier alpha value is -2.07. The Balaban J connectivity index is 2.16. The Labute approximate surface area is 242 Å². The molecule has 0 saturated carbocycles. The van der Waals surface area contributed by atoms with E-state index < -0.39 is 53.1 Å². The zero-order valence-corrected chi connectivity index (χ0v) is 28.2. The van der Waals surface area contributed by atoms with Crippen LogP contribution in [0.15, 0.2) is 6.33 Å². The van der Waals surface area contributed by atoms with E-state index in [0.717, 1.165) is 0 Å². The quantitative estimate of drug-likeness (QED) is 0.300. The van der Waals surface area contributed by atoms with Gasteiger partial charge in [0.1, 0.15) is 24.9 Å². The molecule has 13 heteroatoms. The molecule has 0 radical (unpaired) electrons. The topological polar surface area (TPSA) is 133 Å². The fourth-order valence-corrected chi connectivity index (χ4v) is 6.51. The first-order chi connectivity index (χ1) is 18.7. The number of esters is 1. The van der Waals surface area contributed by atoms with Crippen LogP contribution in [0.5, 0.6) is 5.88 Å². The average Bonchev–Trinajstić information content (AvgIpc) is 3.40. The van der Waals surface area contributed by atoms with Gasteiger partial charge in [-0.3, -0.25) is 9.36 Å². The number of imidazole rings is 1. The number of nitrogens with two attached hydrogens (primary N) is 1. The molecular formula is C27H49N5O6Si2. The van der Waals surface area contributed by atoms with Crippen LogP contribution in [-0.4, -0.2) is 74.2 Å². The summed E-state index contributed by atoms with van der Waals surface area (Å²) >= 11 is 0. The maximum absolute atomic E-state index is 12.6. The summed E-state index contributed by atoms with van der Waals surface area (Å²) in [6, 6.07) is 0. The molecule has 226 valence electrons. The number of anilines is 1. The van der Waals surface area contributed by atoms with Crippen LogP contribution in [-0.2, 0) is 23.1 Å². The first kappa shape index (κ1) is 30.9. The normalized spacial score (nSPS) is 23.8. The maximum atomic E-state index is 12.6. The Bertz CT molecular complexity index is 1230. The molecule has 3 rings (SSSR count). The molecule has 1 aliphatic heterocycles. The summed E-state index contributed by atoms with van der Waals surface area (Å²) in [6.45, 7) is 23.4. The van der Waals surface area contributed by atoms with Crippen molar-refractivity contribution in [2.45, 2.75) is 116 Å². The third-order valence-corrected chi connectivity index (χ3v) is 17.4. The molecular weight excluding hydrogens is 546 g/mol. The van der Waals surface area contributed by atoms with E-state index in [1.165, 1.54) is 7.11 Å². The summed E-state index contributed by atoms with van der Waals surface area (Å²) < 4.78 is 41.3. The molecule has 11 nitrogen and oxygen atoms in total. The average molecular weight is 597 g/mol. The fraction of sp³-hybridized carbons (Fsp3) is 0.778. The van der Waals surface area contributed by atoms with Gasteiger partial charge in [-0.25, -0.2) is 4.98 Å². The minimum atomic E-state index is -2.37. The number of hydrogen-bond acceptors (Lipinski definition) is 10. The Kier molecular flexibility index (Phi) is 8.73. The molecule has 2 aromatic rings. The van der Waals surface area contributed by atoms with Gasteiger partial charge < -0.3 is 28.8 Å². The predicted octanol–water partition coefficient (Wildman–Crippen LogP) is 5.29. The van der Waals surface area contributed by atoms with Crippen LogP contribution in [0.25, 0.3) is 11.2 Å². The molecule has 0 aliphatic carbocycles. The Morgan fingerprint density at radius 2 is 1.68 bits per heavy atom. The molecule has 0 spiro atoms. The van der Waals surface area contributed by atoms with Gasteiger partial charge in [-0.1, -0.05) is 55.4 Å². The highest BCUT2D eigenvalue weighted by Gasteiger charge is 2.55. The minimum Gasteiger partial charge on any atom is -0.479 e. The van der Waals surface area contributed by atoms with Crippen LogP contribution in [0.2, 0.25) is 36.3 Å². The number of nitrogen functional groups attached to an aromatic ring is 1. The predicted molar refractivity (Wildman–Crippen MR) is 160 cm³/mol. The van der Waals surface area contributed by atoms with Crippen molar-refractivity contribution < 1.29 is 29.2 Å². The number of hydrogen-bond donors (Lipinski definition) is 1. The second-order valence-corrected chi connectivity index (χ2v) is 23.2. The summed E-state index contributed by atoms with van der Waals surface area (Å²) in [5.41, 5.74) is 6.91. The van der Waals surface area contributed by atoms with Crippen LogP contribution in [0.1, 0.15) is 63.0 Å². The molecule has 2 aromatic heterocycles. The lowest BCUT2D eigenvalue weighted by Gasteiger charge is -2.44. The number of rotatable bonds is 9. The van der Waals surface area contributed by atoms with E-state index in [9.17, 15) is 4.79 Å². The number of carbonyl (C=O) groups excluding carboxylic acids is 1. The lowest BCUT2D eigenvalue weighted by molar-refractivity contribution is -0.153. The Morgan fingerprint density at radius 3 is 2.20 bits per heavy atom. The van der Waals surface area contributed by atoms with Crippen LogP contribution >= 0.6 is 0 Å². The summed E-state index contributed by atoms with van der Waals surface area (Å²) in [4.78, 5) is 25.8. The number of carbonyl (C=O) groups is 1. The molecule has 3 heterocycles. The Morgan fingerprint density at radius 1 is 1.10 bits per heavy atom. The van der Waals surface area contributed by atoms with Crippen molar-refractivity contribution in [3.63, 3.8) is 0 Å². The van der Waals surface area contributed by atoms with Crippen molar-refractivity contribution in [3.05, 3.63) is 6.33 Å². The molecule has 1 aliphatic rings. The summed E-state index contributed by atoms with van der Waals surface area (Å²) in [5, 5.41) is -0.190. The van der Waals surface area contributed by atoms with Gasteiger partial charge in [0.15, 0.2) is 34.0 Å². The zero-order valence-electron chi connectivity index (χ0n) is 27.2. The SMILES string of the molecule is [2H]CC(C)C(=O)OC[C@H]1OC(n2cnc3c(OC)nc(N)nc32)[C@@H](O[Si](C)(C)C(C)(C)C)[C@@H]1O[Si](C)(C)C(C)(C)C. The highest BCUT2D eigenvalue weighted by Crippen LogP contribution is 2.46. The van der Waals surface area contributed by atoms with Gasteiger partial charge in [0.05, 0.1) is 19.4 Å². The van der Waals surface area contributed by atoms with Gasteiger partial charge in [-0.05, 0) is 36.3 Å². The second-order valence-electron chi connectivity index (χ2n) is 13.7. The number of nitrogens with zero attached hydrogens (tertiary/aromatic N) is 4. The van der Waals surface area contributed by atoms with E-state index >= 15 is 0 Å². The van der Waals surface area contributed by atoms with Gasteiger partial charge in [0, 0.05) is 1.37 Å².